The summed E-state index contributed by atoms with van der Waals surface area (Å²) in [4.78, 5) is 11.6. The highest BCUT2D eigenvalue weighted by Gasteiger charge is 2.07. The molecular weight excluding hydrogens is 313 g/mol. The van der Waals surface area contributed by atoms with Gasteiger partial charge in [0.15, 0.2) is 6.61 Å². The number of carbonyl (C=O) groups excluding carboxylic acids is 1. The predicted molar refractivity (Wildman–Crippen MR) is 77.9 cm³/mol. The molecule has 0 saturated heterocycles. The summed E-state index contributed by atoms with van der Waals surface area (Å²) < 4.78 is 23.3. The lowest BCUT2D eigenvalue weighted by molar-refractivity contribution is -0.123. The van der Waals surface area contributed by atoms with Gasteiger partial charge in [-0.3, -0.25) is 4.79 Å². The minimum atomic E-state index is -0.601. The van der Waals surface area contributed by atoms with E-state index in [0.29, 0.717) is 24.4 Å². The molecule has 1 N–H and O–H groups in total. The van der Waals surface area contributed by atoms with Crippen molar-refractivity contribution in [3.63, 3.8) is 0 Å². The summed E-state index contributed by atoms with van der Waals surface area (Å²) in [6, 6.07) is 3.96. The van der Waals surface area contributed by atoms with E-state index >= 15 is 0 Å². The van der Waals surface area contributed by atoms with Crippen molar-refractivity contribution in [1.82, 2.24) is 15.5 Å². The van der Waals surface area contributed by atoms with Gasteiger partial charge in [-0.2, -0.15) is 0 Å². The van der Waals surface area contributed by atoms with Crippen molar-refractivity contribution in [2.45, 2.75) is 6.42 Å². The van der Waals surface area contributed by atoms with Crippen molar-refractivity contribution < 1.29 is 18.3 Å². The summed E-state index contributed by atoms with van der Waals surface area (Å²) in [5, 5.41) is 9.88. The number of hydrogen-bond donors (Lipinski definition) is 1. The Labute approximate surface area is 130 Å². The van der Waals surface area contributed by atoms with E-state index in [1.54, 1.807) is 0 Å². The van der Waals surface area contributed by atoms with E-state index in [-0.39, 0.29) is 23.3 Å². The number of halogens is 2. The molecule has 0 unspecified atom stereocenters. The fourth-order valence-corrected chi connectivity index (χ4v) is 1.67. The molecule has 0 aliphatic heterocycles. The van der Waals surface area contributed by atoms with Gasteiger partial charge in [-0.1, -0.05) is 18.2 Å². The maximum Gasteiger partial charge on any atom is 0.257 e. The van der Waals surface area contributed by atoms with Crippen LogP contribution in [0.5, 0.6) is 5.75 Å². The molecule has 1 aromatic heterocycles. The molecule has 0 fully saturated rings. The lowest BCUT2D eigenvalue weighted by Crippen LogP contribution is -2.29. The van der Waals surface area contributed by atoms with Gasteiger partial charge in [-0.25, -0.2) is 4.39 Å². The monoisotopic (exact) mass is 325 g/mol. The third-order valence-corrected chi connectivity index (χ3v) is 2.98. The first kappa shape index (κ1) is 16.0. The van der Waals surface area contributed by atoms with Crippen LogP contribution in [0.15, 0.2) is 35.6 Å². The van der Waals surface area contributed by atoms with Crippen molar-refractivity contribution in [1.29, 1.82) is 0 Å². The Morgan fingerprint density at radius 2 is 2.32 bits per heavy atom. The molecule has 1 aromatic carbocycles. The number of nitrogens with zero attached hydrogens (tertiary/aromatic N) is 2. The molecule has 0 aliphatic carbocycles. The Balaban J connectivity index is 1.69. The van der Waals surface area contributed by atoms with E-state index < -0.39 is 5.82 Å². The molecule has 2 aromatic rings. The zero-order chi connectivity index (χ0) is 15.9. The minimum absolute atomic E-state index is 0.00339. The first-order valence-electron chi connectivity index (χ1n) is 6.35. The number of rotatable bonds is 7. The van der Waals surface area contributed by atoms with Crippen LogP contribution in [0, 0.1) is 5.82 Å². The van der Waals surface area contributed by atoms with Crippen molar-refractivity contribution in [2.24, 2.45) is 0 Å². The third-order valence-electron chi connectivity index (χ3n) is 2.67. The number of carbonyl (C=O) groups is 1. The van der Waals surface area contributed by atoms with Crippen LogP contribution in [0.25, 0.3) is 5.57 Å². The maximum atomic E-state index is 13.2. The van der Waals surface area contributed by atoms with Gasteiger partial charge >= 0.3 is 0 Å². The van der Waals surface area contributed by atoms with Crippen LogP contribution < -0.4 is 10.1 Å². The van der Waals surface area contributed by atoms with Gasteiger partial charge < -0.3 is 14.5 Å². The molecule has 0 bridgehead atoms. The van der Waals surface area contributed by atoms with Crippen LogP contribution in [-0.4, -0.2) is 29.3 Å². The summed E-state index contributed by atoms with van der Waals surface area (Å²) in [7, 11) is 0. The SMILES string of the molecule is C=C(CCNC(=O)COc1ccc(Cl)c(F)c1)c1nnco1. The van der Waals surface area contributed by atoms with Gasteiger partial charge in [0.1, 0.15) is 11.6 Å². The second kappa shape index (κ2) is 7.56. The Morgan fingerprint density at radius 3 is 3.00 bits per heavy atom. The third kappa shape index (κ3) is 4.56. The molecular formula is C14H13ClFN3O3. The summed E-state index contributed by atoms with van der Waals surface area (Å²) in [5.74, 6) is -0.376. The zero-order valence-electron chi connectivity index (χ0n) is 11.5. The maximum absolute atomic E-state index is 13.2. The van der Waals surface area contributed by atoms with E-state index in [4.69, 9.17) is 20.8 Å². The van der Waals surface area contributed by atoms with Crippen molar-refractivity contribution in [2.75, 3.05) is 13.2 Å². The lowest BCUT2D eigenvalue weighted by atomic mass is 10.2. The molecule has 22 heavy (non-hydrogen) atoms. The van der Waals surface area contributed by atoms with Gasteiger partial charge in [-0.05, 0) is 18.6 Å². The molecule has 0 aliphatic rings. The van der Waals surface area contributed by atoms with Crippen molar-refractivity contribution in [3.8, 4) is 5.75 Å². The van der Waals surface area contributed by atoms with E-state index in [1.807, 2.05) is 0 Å². The molecule has 1 heterocycles. The van der Waals surface area contributed by atoms with E-state index in [9.17, 15) is 9.18 Å². The fraction of sp³-hybridized carbons (Fsp3) is 0.214. The normalized spacial score (nSPS) is 10.3. The number of ether oxygens (including phenoxy) is 1. The van der Waals surface area contributed by atoms with Crippen LogP contribution in [0.2, 0.25) is 5.02 Å². The summed E-state index contributed by atoms with van der Waals surface area (Å²) in [6.07, 6.45) is 1.67. The quantitative estimate of drug-likeness (QED) is 0.846. The number of nitrogens with one attached hydrogen (secondary N) is 1. The van der Waals surface area contributed by atoms with E-state index in [1.165, 1.54) is 18.5 Å². The van der Waals surface area contributed by atoms with Gasteiger partial charge in [0, 0.05) is 18.2 Å². The Morgan fingerprint density at radius 1 is 1.50 bits per heavy atom. The fourth-order valence-electron chi connectivity index (χ4n) is 1.55. The molecule has 116 valence electrons. The average molecular weight is 326 g/mol. The Kier molecular flexibility index (Phi) is 5.48. The van der Waals surface area contributed by atoms with Crippen LogP contribution in [0.4, 0.5) is 4.39 Å². The lowest BCUT2D eigenvalue weighted by Gasteiger charge is -2.08. The van der Waals surface area contributed by atoms with E-state index in [0.717, 1.165) is 6.07 Å². The van der Waals surface area contributed by atoms with Crippen LogP contribution >= 0.6 is 11.6 Å². The predicted octanol–water partition coefficient (Wildman–Crippen LogP) is 2.46. The average Bonchev–Trinajstić information content (AvgIpc) is 3.03. The van der Waals surface area contributed by atoms with Gasteiger partial charge in [-0.15, -0.1) is 10.2 Å². The molecule has 0 atom stereocenters. The molecule has 2 rings (SSSR count). The van der Waals surface area contributed by atoms with Crippen molar-refractivity contribution >= 4 is 23.1 Å². The highest BCUT2D eigenvalue weighted by atomic mass is 35.5. The van der Waals surface area contributed by atoms with Gasteiger partial charge in [0.25, 0.3) is 5.91 Å². The number of benzene rings is 1. The number of hydrogen-bond acceptors (Lipinski definition) is 5. The first-order chi connectivity index (χ1) is 10.6. The highest BCUT2D eigenvalue weighted by molar-refractivity contribution is 6.30. The Hall–Kier alpha value is -2.41. The standard InChI is InChI=1S/C14H13ClFN3O3/c1-9(14-19-18-8-22-14)4-5-17-13(20)7-21-10-2-3-11(15)12(16)6-10/h2-3,6,8H,1,4-5,7H2,(H,17,20). The first-order valence-corrected chi connectivity index (χ1v) is 6.73. The van der Waals surface area contributed by atoms with Crippen LogP contribution in [-0.2, 0) is 4.79 Å². The minimum Gasteiger partial charge on any atom is -0.484 e. The molecule has 6 nitrogen and oxygen atoms in total. The summed E-state index contributed by atoms with van der Waals surface area (Å²) in [5.41, 5.74) is 0.624. The second-order valence-corrected chi connectivity index (χ2v) is 4.72. The molecule has 1 amide bonds. The zero-order valence-corrected chi connectivity index (χ0v) is 12.3. The second-order valence-electron chi connectivity index (χ2n) is 4.31. The smallest absolute Gasteiger partial charge is 0.257 e. The molecule has 0 spiro atoms. The van der Waals surface area contributed by atoms with Crippen molar-refractivity contribution in [3.05, 3.63) is 47.9 Å². The summed E-state index contributed by atoms with van der Waals surface area (Å²) in [6.45, 7) is 3.89. The highest BCUT2D eigenvalue weighted by Crippen LogP contribution is 2.20. The topological polar surface area (TPSA) is 77.2 Å². The van der Waals surface area contributed by atoms with Crippen LogP contribution in [0.1, 0.15) is 12.3 Å². The largest absolute Gasteiger partial charge is 0.484 e. The molecule has 0 saturated carbocycles. The van der Waals surface area contributed by atoms with E-state index in [2.05, 4.69) is 22.1 Å². The van der Waals surface area contributed by atoms with Gasteiger partial charge in [0.2, 0.25) is 12.3 Å². The molecule has 0 radical (unpaired) electrons. The Bertz CT molecular complexity index is 661. The van der Waals surface area contributed by atoms with Gasteiger partial charge in [0.05, 0.1) is 5.02 Å². The number of amides is 1. The summed E-state index contributed by atoms with van der Waals surface area (Å²) >= 11 is 5.55. The molecule has 8 heteroatoms. The number of aromatic nitrogens is 2. The van der Waals surface area contributed by atoms with Crippen LogP contribution in [0.3, 0.4) is 0 Å².